The molecule has 0 aliphatic heterocycles. The number of unbranched alkanes of at least 4 members (excludes halogenated alkanes) is 61. The molecule has 0 aliphatic carbocycles. The zero-order valence-corrected chi connectivity index (χ0v) is 57.9. The molecule has 6 nitrogen and oxygen atoms in total. The number of aliphatic hydroxyl groups excluding tert-OH is 2. The SMILES string of the molecule is CCCCCCCC/C=C\CCCCCCCCCC(=O)OCCCCCCCCCCCCCCCCCCCCCCCCCCCCCCCCCCCCCCCC(=O)NC(CO)C(O)/C=C/CCCCCCCCCCCCCC. The molecule has 0 aromatic heterocycles. The highest BCUT2D eigenvalue weighted by Crippen LogP contribution is 2.20. The molecular formula is C79H153NO5. The summed E-state index contributed by atoms with van der Waals surface area (Å²) < 4.78 is 5.51. The number of esters is 1. The first-order valence-corrected chi connectivity index (χ1v) is 39.1. The molecule has 0 aromatic rings. The molecule has 3 N–H and O–H groups in total. The van der Waals surface area contributed by atoms with E-state index in [0.29, 0.717) is 19.4 Å². The quantitative estimate of drug-likeness (QED) is 0.0320. The van der Waals surface area contributed by atoms with Gasteiger partial charge in [0, 0.05) is 12.8 Å². The van der Waals surface area contributed by atoms with Gasteiger partial charge in [-0.15, -0.1) is 0 Å². The Kier molecular flexibility index (Phi) is 73.3. The van der Waals surface area contributed by atoms with Crippen molar-refractivity contribution < 1.29 is 24.5 Å². The van der Waals surface area contributed by atoms with E-state index in [1.165, 1.54) is 379 Å². The van der Waals surface area contributed by atoms with Gasteiger partial charge in [0.05, 0.1) is 25.4 Å². The predicted octanol–water partition coefficient (Wildman–Crippen LogP) is 25.7. The number of allylic oxidation sites excluding steroid dienone is 3. The van der Waals surface area contributed by atoms with Crippen LogP contribution in [0.5, 0.6) is 0 Å². The third-order valence-corrected chi connectivity index (χ3v) is 18.5. The summed E-state index contributed by atoms with van der Waals surface area (Å²) in [4.78, 5) is 24.6. The highest BCUT2D eigenvalue weighted by Gasteiger charge is 2.18. The van der Waals surface area contributed by atoms with Gasteiger partial charge in [-0.3, -0.25) is 9.59 Å². The number of carbonyl (C=O) groups excluding carboxylic acids is 2. The number of rotatable bonds is 74. The Balaban J connectivity index is 3.29. The minimum atomic E-state index is -0.839. The first-order valence-electron chi connectivity index (χ1n) is 39.1. The molecule has 85 heavy (non-hydrogen) atoms. The highest BCUT2D eigenvalue weighted by atomic mass is 16.5. The Bertz CT molecular complexity index is 1330. The topological polar surface area (TPSA) is 95.9 Å². The van der Waals surface area contributed by atoms with Crippen molar-refractivity contribution in [3.8, 4) is 0 Å². The van der Waals surface area contributed by atoms with Gasteiger partial charge in [-0.05, 0) is 57.8 Å². The van der Waals surface area contributed by atoms with Gasteiger partial charge < -0.3 is 20.3 Å². The number of carbonyl (C=O) groups is 2. The number of amides is 1. The Morgan fingerprint density at radius 1 is 0.318 bits per heavy atom. The van der Waals surface area contributed by atoms with Crippen LogP contribution in [0.4, 0.5) is 0 Å². The van der Waals surface area contributed by atoms with E-state index in [9.17, 15) is 19.8 Å². The molecule has 0 saturated heterocycles. The van der Waals surface area contributed by atoms with Crippen LogP contribution in [0, 0.1) is 0 Å². The van der Waals surface area contributed by atoms with Gasteiger partial charge >= 0.3 is 5.97 Å². The molecule has 6 heteroatoms. The highest BCUT2D eigenvalue weighted by molar-refractivity contribution is 5.76. The van der Waals surface area contributed by atoms with Gasteiger partial charge in [0.25, 0.3) is 0 Å². The summed E-state index contributed by atoms with van der Waals surface area (Å²) in [6, 6.07) is -0.623. The smallest absolute Gasteiger partial charge is 0.305 e. The zero-order valence-electron chi connectivity index (χ0n) is 57.9. The molecule has 0 rings (SSSR count). The molecule has 2 unspecified atom stereocenters. The van der Waals surface area contributed by atoms with E-state index >= 15 is 0 Å². The molecule has 0 aliphatic rings. The van der Waals surface area contributed by atoms with Crippen LogP contribution in [-0.4, -0.2) is 47.4 Å². The molecular weight excluding hydrogens is 1040 g/mol. The van der Waals surface area contributed by atoms with E-state index in [2.05, 4.69) is 31.3 Å². The maximum Gasteiger partial charge on any atom is 0.305 e. The summed E-state index contributed by atoms with van der Waals surface area (Å²) >= 11 is 0. The summed E-state index contributed by atoms with van der Waals surface area (Å²) in [7, 11) is 0. The van der Waals surface area contributed by atoms with Crippen LogP contribution < -0.4 is 5.32 Å². The Morgan fingerprint density at radius 3 is 0.835 bits per heavy atom. The third-order valence-electron chi connectivity index (χ3n) is 18.5. The second kappa shape index (κ2) is 74.8. The zero-order chi connectivity index (χ0) is 61.3. The molecule has 0 fully saturated rings. The van der Waals surface area contributed by atoms with Crippen LogP contribution in [0.3, 0.4) is 0 Å². The van der Waals surface area contributed by atoms with Crippen molar-refractivity contribution >= 4 is 11.9 Å². The molecule has 0 bridgehead atoms. The van der Waals surface area contributed by atoms with E-state index in [0.717, 1.165) is 38.5 Å². The Morgan fingerprint density at radius 2 is 0.553 bits per heavy atom. The van der Waals surface area contributed by atoms with Gasteiger partial charge in [-0.1, -0.05) is 398 Å². The van der Waals surface area contributed by atoms with Crippen molar-refractivity contribution in [1.82, 2.24) is 5.32 Å². The van der Waals surface area contributed by atoms with Gasteiger partial charge in [0.2, 0.25) is 5.91 Å². The lowest BCUT2D eigenvalue weighted by Gasteiger charge is -2.20. The maximum absolute atomic E-state index is 12.5. The van der Waals surface area contributed by atoms with E-state index in [1.807, 2.05) is 6.08 Å². The van der Waals surface area contributed by atoms with Crippen LogP contribution in [0.1, 0.15) is 444 Å². The summed E-state index contributed by atoms with van der Waals surface area (Å²) in [6.45, 7) is 4.94. The van der Waals surface area contributed by atoms with Crippen LogP contribution >= 0.6 is 0 Å². The Labute approximate surface area is 532 Å². The van der Waals surface area contributed by atoms with E-state index in [4.69, 9.17) is 4.74 Å². The molecule has 2 atom stereocenters. The van der Waals surface area contributed by atoms with Crippen molar-refractivity contribution in [2.75, 3.05) is 13.2 Å². The molecule has 0 spiro atoms. The molecule has 0 saturated carbocycles. The standard InChI is InChI=1S/C79H153NO5/c1-3-5-7-9-11-13-15-17-19-41-45-49-53-57-61-65-69-73-79(84)85-74-70-66-62-58-54-50-46-43-40-38-36-34-32-30-28-26-24-22-20-21-23-25-27-29-31-33-35-37-39-42-44-48-52-56-60-64-68-72-78(83)80-76(75-81)77(82)71-67-63-59-55-51-47-18-16-14-12-10-8-6-4-2/h17,19,67,71,76-77,81-82H,3-16,18,20-66,68-70,72-75H2,1-2H3,(H,80,83)/b19-17-,71-67+. The average molecular weight is 1200 g/mol. The first-order chi connectivity index (χ1) is 42.0. The summed E-state index contributed by atoms with van der Waals surface area (Å²) in [5.74, 6) is -0.0390. The second-order valence-electron chi connectivity index (χ2n) is 27.0. The van der Waals surface area contributed by atoms with Gasteiger partial charge in [-0.2, -0.15) is 0 Å². The number of aliphatic hydroxyl groups is 2. The van der Waals surface area contributed by atoms with Crippen LogP contribution in [0.15, 0.2) is 24.3 Å². The minimum Gasteiger partial charge on any atom is -0.466 e. The number of hydrogen-bond acceptors (Lipinski definition) is 5. The van der Waals surface area contributed by atoms with Gasteiger partial charge in [-0.25, -0.2) is 0 Å². The lowest BCUT2D eigenvalue weighted by atomic mass is 10.0. The van der Waals surface area contributed by atoms with Crippen LogP contribution in [0.2, 0.25) is 0 Å². The molecule has 1 amide bonds. The monoisotopic (exact) mass is 1200 g/mol. The fraction of sp³-hybridized carbons (Fsp3) is 0.924. The Hall–Kier alpha value is -1.66. The molecule has 504 valence electrons. The summed E-state index contributed by atoms with van der Waals surface area (Å²) in [5.41, 5.74) is 0. The summed E-state index contributed by atoms with van der Waals surface area (Å²) in [5, 5.41) is 23.2. The second-order valence-corrected chi connectivity index (χ2v) is 27.0. The largest absolute Gasteiger partial charge is 0.466 e. The van der Waals surface area contributed by atoms with E-state index < -0.39 is 12.1 Å². The fourth-order valence-electron chi connectivity index (χ4n) is 12.5. The van der Waals surface area contributed by atoms with E-state index in [1.54, 1.807) is 6.08 Å². The number of ether oxygens (including phenoxy) is 1. The normalized spacial score (nSPS) is 12.6. The fourth-order valence-corrected chi connectivity index (χ4v) is 12.5. The van der Waals surface area contributed by atoms with Gasteiger partial charge in [0.15, 0.2) is 0 Å². The van der Waals surface area contributed by atoms with Gasteiger partial charge in [0.1, 0.15) is 0 Å². The lowest BCUT2D eigenvalue weighted by molar-refractivity contribution is -0.143. The number of hydrogen-bond donors (Lipinski definition) is 3. The van der Waals surface area contributed by atoms with Crippen molar-refractivity contribution in [1.29, 1.82) is 0 Å². The molecule has 0 heterocycles. The van der Waals surface area contributed by atoms with Crippen molar-refractivity contribution in [2.24, 2.45) is 0 Å². The molecule has 0 radical (unpaired) electrons. The van der Waals surface area contributed by atoms with Crippen molar-refractivity contribution in [3.63, 3.8) is 0 Å². The third kappa shape index (κ3) is 71.3. The van der Waals surface area contributed by atoms with Crippen LogP contribution in [0.25, 0.3) is 0 Å². The van der Waals surface area contributed by atoms with Crippen molar-refractivity contribution in [3.05, 3.63) is 24.3 Å². The predicted molar refractivity (Wildman–Crippen MR) is 375 cm³/mol. The minimum absolute atomic E-state index is 0.0207. The average Bonchev–Trinajstić information content (AvgIpc) is 3.52. The summed E-state index contributed by atoms with van der Waals surface area (Å²) in [6.07, 6.45) is 96.0. The van der Waals surface area contributed by atoms with Crippen LogP contribution in [-0.2, 0) is 14.3 Å². The molecule has 0 aromatic carbocycles. The lowest BCUT2D eigenvalue weighted by Crippen LogP contribution is -2.45. The maximum atomic E-state index is 12.5. The number of nitrogens with one attached hydrogen (secondary N) is 1. The van der Waals surface area contributed by atoms with E-state index in [-0.39, 0.29) is 18.5 Å². The first kappa shape index (κ1) is 83.3. The van der Waals surface area contributed by atoms with Crippen molar-refractivity contribution in [2.45, 2.75) is 456 Å².